The minimum Gasteiger partial charge on any atom is -0.351 e. The van der Waals surface area contributed by atoms with E-state index in [4.69, 9.17) is 0 Å². The normalized spacial score (nSPS) is 17.0. The van der Waals surface area contributed by atoms with Crippen LogP contribution >= 0.6 is 0 Å². The molecule has 8 nitrogen and oxygen atoms in total. The van der Waals surface area contributed by atoms with Crippen LogP contribution in [0.4, 0.5) is 10.2 Å². The SMILES string of the molecule is O=C(NCCCCc1ccccc1)c1cccc(C2N(c3ccc(F)cn3)C(=O)CS2(=O)=O)n1. The van der Waals surface area contributed by atoms with Crippen LogP contribution in [0.15, 0.2) is 66.9 Å². The van der Waals surface area contributed by atoms with E-state index in [2.05, 4.69) is 27.4 Å². The summed E-state index contributed by atoms with van der Waals surface area (Å²) in [6.45, 7) is 0.448. The van der Waals surface area contributed by atoms with E-state index in [0.717, 1.165) is 36.4 Å². The molecule has 0 saturated carbocycles. The molecule has 0 aliphatic carbocycles. The van der Waals surface area contributed by atoms with Gasteiger partial charge in [-0.05, 0) is 49.1 Å². The van der Waals surface area contributed by atoms with Crippen LogP contribution in [-0.4, -0.2) is 42.5 Å². The lowest BCUT2D eigenvalue weighted by atomic mass is 10.1. The van der Waals surface area contributed by atoms with Gasteiger partial charge in [0.1, 0.15) is 23.1 Å². The summed E-state index contributed by atoms with van der Waals surface area (Å²) in [5.41, 5.74) is 1.30. The summed E-state index contributed by atoms with van der Waals surface area (Å²) in [6.07, 6.45) is 3.49. The maximum Gasteiger partial charge on any atom is 0.269 e. The second-order valence-electron chi connectivity index (χ2n) is 7.90. The molecule has 1 saturated heterocycles. The summed E-state index contributed by atoms with van der Waals surface area (Å²) in [6, 6.07) is 16.8. The smallest absolute Gasteiger partial charge is 0.269 e. The number of nitrogens with one attached hydrogen (secondary N) is 1. The van der Waals surface area contributed by atoms with Gasteiger partial charge >= 0.3 is 0 Å². The van der Waals surface area contributed by atoms with Crippen molar-refractivity contribution in [2.45, 2.75) is 24.6 Å². The van der Waals surface area contributed by atoms with Crippen LogP contribution in [0, 0.1) is 5.82 Å². The highest BCUT2D eigenvalue weighted by Gasteiger charge is 2.47. The number of unbranched alkanes of at least 4 members (excludes halogenated alkanes) is 1. The number of amides is 2. The number of rotatable bonds is 8. The average Bonchev–Trinajstić information content (AvgIpc) is 3.08. The van der Waals surface area contributed by atoms with Gasteiger partial charge in [0.2, 0.25) is 5.91 Å². The molecule has 1 aliphatic heterocycles. The molecule has 1 aliphatic rings. The van der Waals surface area contributed by atoms with E-state index >= 15 is 0 Å². The van der Waals surface area contributed by atoms with Crippen molar-refractivity contribution in [3.63, 3.8) is 0 Å². The van der Waals surface area contributed by atoms with Crippen LogP contribution < -0.4 is 10.2 Å². The van der Waals surface area contributed by atoms with E-state index in [-0.39, 0.29) is 17.2 Å². The molecule has 1 atom stereocenters. The topological polar surface area (TPSA) is 109 Å². The number of pyridine rings is 2. The Bertz CT molecular complexity index is 1280. The van der Waals surface area contributed by atoms with Crippen LogP contribution in [0.25, 0.3) is 0 Å². The second-order valence-corrected chi connectivity index (χ2v) is 9.97. The molecule has 0 bridgehead atoms. The van der Waals surface area contributed by atoms with Crippen LogP contribution in [-0.2, 0) is 21.1 Å². The minimum absolute atomic E-state index is 0.00690. The van der Waals surface area contributed by atoms with Crippen LogP contribution in [0.5, 0.6) is 0 Å². The summed E-state index contributed by atoms with van der Waals surface area (Å²) >= 11 is 0. The quantitative estimate of drug-likeness (QED) is 0.495. The largest absolute Gasteiger partial charge is 0.351 e. The highest BCUT2D eigenvalue weighted by Crippen LogP contribution is 2.35. The van der Waals surface area contributed by atoms with Crippen LogP contribution in [0.1, 0.15) is 40.0 Å². The lowest BCUT2D eigenvalue weighted by Crippen LogP contribution is -2.31. The van der Waals surface area contributed by atoms with E-state index < -0.39 is 38.6 Å². The van der Waals surface area contributed by atoms with Crippen molar-refractivity contribution in [2.75, 3.05) is 17.2 Å². The predicted octanol–water partition coefficient (Wildman–Crippen LogP) is 2.83. The lowest BCUT2D eigenvalue weighted by molar-refractivity contribution is -0.115. The fourth-order valence-corrected chi connectivity index (χ4v) is 5.48. The van der Waals surface area contributed by atoms with E-state index in [1.165, 1.54) is 29.8 Å². The van der Waals surface area contributed by atoms with E-state index in [9.17, 15) is 22.4 Å². The number of halogens is 1. The summed E-state index contributed by atoms with van der Waals surface area (Å²) in [7, 11) is -3.94. The van der Waals surface area contributed by atoms with E-state index in [0.29, 0.717) is 6.54 Å². The average molecular weight is 483 g/mol. The summed E-state index contributed by atoms with van der Waals surface area (Å²) in [4.78, 5) is 34.2. The molecule has 1 N–H and O–H groups in total. The molecule has 1 aromatic carbocycles. The van der Waals surface area contributed by atoms with Crippen molar-refractivity contribution in [3.05, 3.63) is 89.6 Å². The van der Waals surface area contributed by atoms with Gasteiger partial charge in [-0.15, -0.1) is 0 Å². The number of nitrogens with zero attached hydrogens (tertiary/aromatic N) is 3. The van der Waals surface area contributed by atoms with Gasteiger partial charge in [-0.25, -0.2) is 22.8 Å². The number of anilines is 1. The molecule has 2 amide bonds. The molecular formula is C24H23FN4O4S. The first kappa shape index (κ1) is 23.5. The highest BCUT2D eigenvalue weighted by molar-refractivity contribution is 7.93. The number of benzene rings is 1. The third-order valence-corrected chi connectivity index (χ3v) is 7.19. The Morgan fingerprint density at radius 1 is 1.06 bits per heavy atom. The van der Waals surface area contributed by atoms with Gasteiger partial charge in [0.25, 0.3) is 5.91 Å². The molecule has 0 spiro atoms. The maximum atomic E-state index is 13.3. The third-order valence-electron chi connectivity index (χ3n) is 5.40. The molecule has 3 aromatic rings. The van der Waals surface area contributed by atoms with Crippen LogP contribution in [0.2, 0.25) is 0 Å². The zero-order chi connectivity index (χ0) is 24.1. The Morgan fingerprint density at radius 2 is 1.85 bits per heavy atom. The molecule has 4 rings (SSSR count). The van der Waals surface area contributed by atoms with Gasteiger partial charge in [0.15, 0.2) is 15.2 Å². The maximum absolute atomic E-state index is 13.3. The third kappa shape index (κ3) is 5.28. The van der Waals surface area contributed by atoms with Crippen molar-refractivity contribution in [2.24, 2.45) is 0 Å². The number of hydrogen-bond donors (Lipinski definition) is 1. The Morgan fingerprint density at radius 3 is 2.59 bits per heavy atom. The van der Waals surface area contributed by atoms with Gasteiger partial charge < -0.3 is 5.32 Å². The number of hydrogen-bond acceptors (Lipinski definition) is 6. The van der Waals surface area contributed by atoms with Gasteiger partial charge in [-0.2, -0.15) is 0 Å². The first-order valence-corrected chi connectivity index (χ1v) is 12.5. The zero-order valence-corrected chi connectivity index (χ0v) is 19.0. The molecule has 3 heterocycles. The van der Waals surface area contributed by atoms with Gasteiger partial charge in [-0.3, -0.25) is 14.5 Å². The summed E-state index contributed by atoms with van der Waals surface area (Å²) < 4.78 is 38.8. The molecule has 0 radical (unpaired) electrons. The second kappa shape index (κ2) is 10.1. The number of carbonyl (C=O) groups excluding carboxylic acids is 2. The predicted molar refractivity (Wildman–Crippen MR) is 124 cm³/mol. The van der Waals surface area contributed by atoms with Gasteiger partial charge in [-0.1, -0.05) is 36.4 Å². The van der Waals surface area contributed by atoms with Gasteiger partial charge in [0.05, 0.1) is 11.9 Å². The summed E-state index contributed by atoms with van der Waals surface area (Å²) in [5.74, 6) is -2.48. The van der Waals surface area contributed by atoms with Gasteiger partial charge in [0, 0.05) is 6.54 Å². The fraction of sp³-hybridized carbons (Fsp3) is 0.250. The monoisotopic (exact) mass is 482 g/mol. The Labute approximate surface area is 196 Å². The van der Waals surface area contributed by atoms with Crippen molar-refractivity contribution in [3.8, 4) is 0 Å². The standard InChI is InChI=1S/C24H23FN4O4S/c25-18-12-13-21(27-15-18)29-22(30)16-34(32,33)24(29)20-11-6-10-19(28-20)23(31)26-14-5-4-9-17-7-2-1-3-8-17/h1-3,6-8,10-13,15,24H,4-5,9,14,16H2,(H,26,31). The van der Waals surface area contributed by atoms with E-state index in [1.54, 1.807) is 0 Å². The molecule has 176 valence electrons. The molecule has 1 fully saturated rings. The Kier molecular flexibility index (Phi) is 6.97. The summed E-state index contributed by atoms with van der Waals surface area (Å²) in [5, 5.41) is 1.35. The van der Waals surface area contributed by atoms with Crippen LogP contribution in [0.3, 0.4) is 0 Å². The fourth-order valence-electron chi connectivity index (χ4n) is 3.79. The minimum atomic E-state index is -3.94. The molecular weight excluding hydrogens is 459 g/mol. The van der Waals surface area contributed by atoms with Crippen molar-refractivity contribution in [1.29, 1.82) is 0 Å². The highest BCUT2D eigenvalue weighted by atomic mass is 32.2. The Hall–Kier alpha value is -3.66. The molecule has 1 unspecified atom stereocenters. The van der Waals surface area contributed by atoms with Crippen molar-refractivity contribution in [1.82, 2.24) is 15.3 Å². The van der Waals surface area contributed by atoms with Crippen molar-refractivity contribution < 1.29 is 22.4 Å². The lowest BCUT2D eigenvalue weighted by Gasteiger charge is -2.22. The first-order chi connectivity index (χ1) is 16.3. The number of sulfone groups is 1. The first-order valence-electron chi connectivity index (χ1n) is 10.8. The van der Waals surface area contributed by atoms with Crippen molar-refractivity contribution >= 4 is 27.5 Å². The number of carbonyl (C=O) groups is 2. The van der Waals surface area contributed by atoms with E-state index in [1.807, 2.05) is 18.2 Å². The molecule has 10 heteroatoms. The molecule has 34 heavy (non-hydrogen) atoms. The number of aromatic nitrogens is 2. The zero-order valence-electron chi connectivity index (χ0n) is 18.2. The Balaban J connectivity index is 1.45. The molecule has 2 aromatic heterocycles. The number of aryl methyl sites for hydroxylation is 1.